The molecule has 0 aliphatic heterocycles. The maximum Gasteiger partial charge on any atom is 0.323 e. The summed E-state index contributed by atoms with van der Waals surface area (Å²) in [5, 5.41) is 13.8. The van der Waals surface area contributed by atoms with Crippen molar-refractivity contribution in [3.05, 3.63) is 0 Å². The van der Waals surface area contributed by atoms with E-state index in [0.29, 0.717) is 13.0 Å². The molecule has 0 atom stereocenters. The molecule has 7 nitrogen and oxygen atoms in total. The van der Waals surface area contributed by atoms with Crippen molar-refractivity contribution < 1.29 is 19.5 Å². The second-order valence-electron chi connectivity index (χ2n) is 4.94. The quantitative estimate of drug-likeness (QED) is 0.620. The van der Waals surface area contributed by atoms with Crippen LogP contribution in [0.4, 0.5) is 4.79 Å². The molecule has 3 amide bonds. The largest absolute Gasteiger partial charge is 0.480 e. The number of rotatable bonds is 7. The van der Waals surface area contributed by atoms with Crippen LogP contribution in [-0.4, -0.2) is 54.6 Å². The highest BCUT2D eigenvalue weighted by molar-refractivity contribution is 5.83. The lowest BCUT2D eigenvalue weighted by molar-refractivity contribution is -0.137. The van der Waals surface area contributed by atoms with E-state index in [1.54, 1.807) is 13.8 Å². The minimum atomic E-state index is -1.06. The van der Waals surface area contributed by atoms with Crippen LogP contribution in [0.15, 0.2) is 0 Å². The first-order chi connectivity index (χ1) is 8.74. The summed E-state index contributed by atoms with van der Waals surface area (Å²) in [5.74, 6) is -1.25. The molecule has 0 saturated heterocycles. The monoisotopic (exact) mass is 273 g/mol. The molecule has 0 heterocycles. The molecule has 0 fully saturated rings. The van der Waals surface area contributed by atoms with Gasteiger partial charge in [-0.15, -0.1) is 0 Å². The second-order valence-corrected chi connectivity index (χ2v) is 4.94. The third-order valence-corrected chi connectivity index (χ3v) is 2.63. The van der Waals surface area contributed by atoms with Crippen molar-refractivity contribution in [2.75, 3.05) is 26.7 Å². The molecule has 0 aliphatic carbocycles. The van der Waals surface area contributed by atoms with Crippen LogP contribution in [0.5, 0.6) is 0 Å². The van der Waals surface area contributed by atoms with Crippen LogP contribution in [0.3, 0.4) is 0 Å². The number of amides is 3. The lowest BCUT2D eigenvalue weighted by atomic mass is 9.92. The highest BCUT2D eigenvalue weighted by atomic mass is 16.4. The van der Waals surface area contributed by atoms with E-state index in [-0.39, 0.29) is 19.0 Å². The van der Waals surface area contributed by atoms with Crippen LogP contribution in [0.25, 0.3) is 0 Å². The fourth-order valence-electron chi connectivity index (χ4n) is 1.51. The summed E-state index contributed by atoms with van der Waals surface area (Å²) >= 11 is 0. The van der Waals surface area contributed by atoms with Gasteiger partial charge in [-0.25, -0.2) is 4.79 Å². The normalized spacial score (nSPS) is 10.7. The number of hydrogen-bond donors (Lipinski definition) is 3. The summed E-state index contributed by atoms with van der Waals surface area (Å²) in [7, 11) is 1.53. The van der Waals surface area contributed by atoms with Gasteiger partial charge in [0, 0.05) is 20.1 Å². The molecule has 0 aromatic heterocycles. The number of carboxylic acids is 1. The molecule has 0 aromatic carbocycles. The molecule has 7 heteroatoms. The number of urea groups is 1. The molecule has 0 saturated carbocycles. The van der Waals surface area contributed by atoms with Crippen molar-refractivity contribution >= 4 is 17.9 Å². The Morgan fingerprint density at radius 3 is 2.26 bits per heavy atom. The molecule has 0 aliphatic rings. The molecule has 0 bridgehead atoms. The maximum absolute atomic E-state index is 11.8. The van der Waals surface area contributed by atoms with Gasteiger partial charge >= 0.3 is 12.0 Å². The molecule has 0 rings (SSSR count). The highest BCUT2D eigenvalue weighted by Gasteiger charge is 2.28. The fourth-order valence-corrected chi connectivity index (χ4v) is 1.51. The van der Waals surface area contributed by atoms with Gasteiger partial charge in [-0.05, 0) is 20.3 Å². The standard InChI is InChI=1S/C12H23N3O4/c1-5-6-15(7-9(16)17)11(19)14-8-12(2,3)10(18)13-4/h5-8H2,1-4H3,(H,13,18)(H,14,19)(H,16,17). The van der Waals surface area contributed by atoms with Crippen LogP contribution in [0.1, 0.15) is 27.2 Å². The molecule has 19 heavy (non-hydrogen) atoms. The van der Waals surface area contributed by atoms with E-state index in [1.807, 2.05) is 6.92 Å². The predicted octanol–water partition coefficient (Wildman–Crippen LogP) is 0.265. The molecule has 0 spiro atoms. The van der Waals surface area contributed by atoms with Crippen molar-refractivity contribution in [2.45, 2.75) is 27.2 Å². The lowest BCUT2D eigenvalue weighted by Crippen LogP contribution is -2.49. The lowest BCUT2D eigenvalue weighted by Gasteiger charge is -2.26. The average Bonchev–Trinajstić information content (AvgIpc) is 2.33. The third kappa shape index (κ3) is 6.08. The Labute approximate surface area is 113 Å². The summed E-state index contributed by atoms with van der Waals surface area (Å²) in [4.78, 5) is 35.3. The first-order valence-electron chi connectivity index (χ1n) is 6.21. The van der Waals surface area contributed by atoms with E-state index in [2.05, 4.69) is 10.6 Å². The molecular formula is C12H23N3O4. The number of carboxylic acid groups (broad SMARTS) is 1. The first kappa shape index (κ1) is 17.2. The van der Waals surface area contributed by atoms with Crippen LogP contribution in [0.2, 0.25) is 0 Å². The van der Waals surface area contributed by atoms with Gasteiger partial charge in [-0.3, -0.25) is 9.59 Å². The minimum Gasteiger partial charge on any atom is -0.480 e. The molecule has 3 N–H and O–H groups in total. The van der Waals surface area contributed by atoms with Crippen LogP contribution in [0, 0.1) is 5.41 Å². The van der Waals surface area contributed by atoms with E-state index < -0.39 is 17.4 Å². The summed E-state index contributed by atoms with van der Waals surface area (Å²) < 4.78 is 0. The van der Waals surface area contributed by atoms with E-state index in [4.69, 9.17) is 5.11 Å². The zero-order chi connectivity index (χ0) is 15.1. The van der Waals surface area contributed by atoms with Crippen molar-refractivity contribution in [3.8, 4) is 0 Å². The summed E-state index contributed by atoms with van der Waals surface area (Å²) in [5.41, 5.74) is -0.745. The van der Waals surface area contributed by atoms with Gasteiger partial charge in [-0.1, -0.05) is 6.92 Å². The van der Waals surface area contributed by atoms with Gasteiger partial charge in [0.15, 0.2) is 0 Å². The van der Waals surface area contributed by atoms with Crippen LogP contribution < -0.4 is 10.6 Å². The number of carbonyl (C=O) groups excluding carboxylic acids is 2. The Kier molecular flexibility index (Phi) is 6.89. The Balaban J connectivity index is 4.48. The van der Waals surface area contributed by atoms with Crippen LogP contribution in [-0.2, 0) is 9.59 Å². The topological polar surface area (TPSA) is 98.7 Å². The summed E-state index contributed by atoms with van der Waals surface area (Å²) in [6.07, 6.45) is 0.666. The van der Waals surface area contributed by atoms with Gasteiger partial charge in [0.25, 0.3) is 0 Å². The van der Waals surface area contributed by atoms with E-state index in [0.717, 1.165) is 0 Å². The number of nitrogens with one attached hydrogen (secondary N) is 2. The number of aliphatic carboxylic acids is 1. The highest BCUT2D eigenvalue weighted by Crippen LogP contribution is 2.13. The SMILES string of the molecule is CCCN(CC(=O)O)C(=O)NCC(C)(C)C(=O)NC. The van der Waals surface area contributed by atoms with Gasteiger partial charge in [0.2, 0.25) is 5.91 Å². The van der Waals surface area contributed by atoms with Crippen molar-refractivity contribution in [1.82, 2.24) is 15.5 Å². The van der Waals surface area contributed by atoms with Crippen molar-refractivity contribution in [2.24, 2.45) is 5.41 Å². The molecular weight excluding hydrogens is 250 g/mol. The Bertz CT molecular complexity index is 342. The molecule has 0 radical (unpaired) electrons. The minimum absolute atomic E-state index is 0.144. The Hall–Kier alpha value is -1.79. The first-order valence-corrected chi connectivity index (χ1v) is 6.21. The molecule has 110 valence electrons. The summed E-state index contributed by atoms with van der Waals surface area (Å²) in [6, 6.07) is -0.471. The predicted molar refractivity (Wildman–Crippen MR) is 70.7 cm³/mol. The fraction of sp³-hybridized carbons (Fsp3) is 0.750. The Morgan fingerprint density at radius 2 is 1.84 bits per heavy atom. The van der Waals surface area contributed by atoms with E-state index in [9.17, 15) is 14.4 Å². The van der Waals surface area contributed by atoms with Gasteiger partial charge in [0.05, 0.1) is 5.41 Å². The summed E-state index contributed by atoms with van der Waals surface area (Å²) in [6.45, 7) is 5.42. The van der Waals surface area contributed by atoms with Crippen molar-refractivity contribution in [1.29, 1.82) is 0 Å². The number of carbonyl (C=O) groups is 3. The second kappa shape index (κ2) is 7.60. The molecule has 0 unspecified atom stereocenters. The third-order valence-electron chi connectivity index (χ3n) is 2.63. The Morgan fingerprint density at radius 1 is 1.26 bits per heavy atom. The average molecular weight is 273 g/mol. The number of hydrogen-bond acceptors (Lipinski definition) is 3. The van der Waals surface area contributed by atoms with Gasteiger partial charge in [-0.2, -0.15) is 0 Å². The zero-order valence-electron chi connectivity index (χ0n) is 11.9. The maximum atomic E-state index is 11.8. The van der Waals surface area contributed by atoms with Gasteiger partial charge < -0.3 is 20.6 Å². The van der Waals surface area contributed by atoms with Crippen molar-refractivity contribution in [3.63, 3.8) is 0 Å². The number of nitrogens with zero attached hydrogens (tertiary/aromatic N) is 1. The van der Waals surface area contributed by atoms with E-state index in [1.165, 1.54) is 11.9 Å². The smallest absolute Gasteiger partial charge is 0.323 e. The zero-order valence-corrected chi connectivity index (χ0v) is 11.9. The molecule has 0 aromatic rings. The van der Waals surface area contributed by atoms with Gasteiger partial charge in [0.1, 0.15) is 6.54 Å². The van der Waals surface area contributed by atoms with E-state index >= 15 is 0 Å². The van der Waals surface area contributed by atoms with Crippen LogP contribution >= 0.6 is 0 Å².